The van der Waals surface area contributed by atoms with E-state index in [0.29, 0.717) is 6.07 Å². The van der Waals surface area contributed by atoms with Crippen LogP contribution in [0.1, 0.15) is 22.8 Å². The Morgan fingerprint density at radius 1 is 0.750 bits per heavy atom. The van der Waals surface area contributed by atoms with Crippen LogP contribution >= 0.6 is 0 Å². The van der Waals surface area contributed by atoms with Crippen LogP contribution in [0.2, 0.25) is 0 Å². The van der Waals surface area contributed by atoms with Gasteiger partial charge in [0.2, 0.25) is 0 Å². The summed E-state index contributed by atoms with van der Waals surface area (Å²) in [7, 11) is 0. The molecule has 1 atom stereocenters. The summed E-state index contributed by atoms with van der Waals surface area (Å²) in [6.07, 6.45) is -1.94. The Kier molecular flexibility index (Phi) is 3.76. The Bertz CT molecular complexity index is 612. The summed E-state index contributed by atoms with van der Waals surface area (Å²) < 4.78 is 66.5. The molecule has 106 valence electrons. The second kappa shape index (κ2) is 5.20. The maximum absolute atomic E-state index is 13.7. The maximum Gasteiger partial charge on any atom is 0.194 e. The van der Waals surface area contributed by atoms with E-state index in [1.54, 1.807) is 0 Å². The van der Waals surface area contributed by atoms with Crippen molar-refractivity contribution in [1.29, 1.82) is 0 Å². The van der Waals surface area contributed by atoms with Gasteiger partial charge < -0.3 is 5.11 Å². The van der Waals surface area contributed by atoms with Crippen molar-refractivity contribution in [3.63, 3.8) is 0 Å². The Morgan fingerprint density at radius 2 is 1.25 bits per heavy atom. The molecular formula is C14H9F5O. The van der Waals surface area contributed by atoms with Gasteiger partial charge in [-0.2, -0.15) is 0 Å². The first kappa shape index (κ1) is 14.5. The highest BCUT2D eigenvalue weighted by Gasteiger charge is 2.24. The standard InChI is InChI=1S/C14H9F5O/c1-6-2-3-7(11(17)10(6)16)14(20)8-4-5-9(15)13(19)12(8)18/h2-5,14,20H,1H3. The molecule has 2 aromatic carbocycles. The SMILES string of the molecule is Cc1ccc(C(O)c2ccc(F)c(F)c2F)c(F)c1F. The van der Waals surface area contributed by atoms with Crippen LogP contribution in [0.5, 0.6) is 0 Å². The fraction of sp³-hybridized carbons (Fsp3) is 0.143. The monoisotopic (exact) mass is 288 g/mol. The van der Waals surface area contributed by atoms with Crippen molar-refractivity contribution < 1.29 is 27.1 Å². The maximum atomic E-state index is 13.7. The number of aliphatic hydroxyl groups excluding tert-OH is 1. The second-order valence-corrected chi connectivity index (χ2v) is 4.27. The fourth-order valence-corrected chi connectivity index (χ4v) is 1.79. The van der Waals surface area contributed by atoms with E-state index in [1.807, 2.05) is 0 Å². The minimum atomic E-state index is -1.94. The van der Waals surface area contributed by atoms with Gasteiger partial charge in [0.25, 0.3) is 0 Å². The van der Waals surface area contributed by atoms with Gasteiger partial charge in [0.05, 0.1) is 0 Å². The quantitative estimate of drug-likeness (QED) is 0.659. The molecule has 0 amide bonds. The second-order valence-electron chi connectivity index (χ2n) is 4.27. The topological polar surface area (TPSA) is 20.2 Å². The molecule has 1 N–H and O–H groups in total. The van der Waals surface area contributed by atoms with Gasteiger partial charge in [0, 0.05) is 11.1 Å². The van der Waals surface area contributed by atoms with E-state index in [9.17, 15) is 27.1 Å². The predicted molar refractivity (Wildman–Crippen MR) is 61.5 cm³/mol. The highest BCUT2D eigenvalue weighted by molar-refractivity contribution is 5.35. The lowest BCUT2D eigenvalue weighted by molar-refractivity contribution is 0.206. The molecule has 0 aliphatic rings. The van der Waals surface area contributed by atoms with Crippen LogP contribution in [0, 0.1) is 36.0 Å². The van der Waals surface area contributed by atoms with E-state index in [2.05, 4.69) is 0 Å². The molecule has 2 aromatic rings. The van der Waals surface area contributed by atoms with Crippen molar-refractivity contribution in [3.8, 4) is 0 Å². The molecule has 0 fully saturated rings. The highest BCUT2D eigenvalue weighted by atomic mass is 19.2. The molecule has 0 heterocycles. The van der Waals surface area contributed by atoms with Crippen molar-refractivity contribution in [2.45, 2.75) is 13.0 Å². The third-order valence-electron chi connectivity index (χ3n) is 2.96. The number of benzene rings is 2. The minimum Gasteiger partial charge on any atom is -0.383 e. The molecule has 2 rings (SSSR count). The minimum absolute atomic E-state index is 0.00390. The highest BCUT2D eigenvalue weighted by Crippen LogP contribution is 2.29. The number of aryl methyl sites for hydroxylation is 1. The van der Waals surface area contributed by atoms with Crippen molar-refractivity contribution >= 4 is 0 Å². The summed E-state index contributed by atoms with van der Waals surface area (Å²) >= 11 is 0. The average molecular weight is 288 g/mol. The van der Waals surface area contributed by atoms with Gasteiger partial charge in [-0.25, -0.2) is 22.0 Å². The fourth-order valence-electron chi connectivity index (χ4n) is 1.79. The number of halogens is 5. The van der Waals surface area contributed by atoms with Crippen LogP contribution in [0.4, 0.5) is 22.0 Å². The number of hydrogen-bond acceptors (Lipinski definition) is 1. The first-order chi connectivity index (χ1) is 9.34. The summed E-state index contributed by atoms with van der Waals surface area (Å²) in [6.45, 7) is 1.31. The number of aliphatic hydroxyl groups is 1. The van der Waals surface area contributed by atoms with Gasteiger partial charge in [0.1, 0.15) is 6.10 Å². The summed E-state index contributed by atoms with van der Waals surface area (Å²) in [5, 5.41) is 9.85. The van der Waals surface area contributed by atoms with Gasteiger partial charge in [-0.05, 0) is 18.6 Å². The summed E-state index contributed by atoms with van der Waals surface area (Å²) in [6, 6.07) is 3.61. The molecule has 0 aliphatic carbocycles. The Morgan fingerprint density at radius 3 is 1.85 bits per heavy atom. The van der Waals surface area contributed by atoms with Crippen molar-refractivity contribution in [2.24, 2.45) is 0 Å². The zero-order valence-electron chi connectivity index (χ0n) is 10.2. The molecule has 0 saturated heterocycles. The Hall–Kier alpha value is -1.95. The molecule has 20 heavy (non-hydrogen) atoms. The van der Waals surface area contributed by atoms with E-state index in [0.717, 1.165) is 12.1 Å². The molecule has 0 radical (unpaired) electrons. The van der Waals surface area contributed by atoms with Gasteiger partial charge in [-0.1, -0.05) is 18.2 Å². The molecule has 0 bridgehead atoms. The van der Waals surface area contributed by atoms with Crippen LogP contribution in [0.15, 0.2) is 24.3 Å². The lowest BCUT2D eigenvalue weighted by Gasteiger charge is -2.14. The van der Waals surface area contributed by atoms with Crippen molar-refractivity contribution in [1.82, 2.24) is 0 Å². The van der Waals surface area contributed by atoms with Gasteiger partial charge in [-0.15, -0.1) is 0 Å². The molecule has 1 unspecified atom stereocenters. The Labute approximate surface area is 111 Å². The molecular weight excluding hydrogens is 279 g/mol. The lowest BCUT2D eigenvalue weighted by Crippen LogP contribution is -2.09. The van der Waals surface area contributed by atoms with Crippen LogP contribution < -0.4 is 0 Å². The third kappa shape index (κ3) is 2.27. The molecule has 1 nitrogen and oxygen atoms in total. The molecule has 0 aliphatic heterocycles. The number of hydrogen-bond donors (Lipinski definition) is 1. The summed E-state index contributed by atoms with van der Waals surface area (Å²) in [5.74, 6) is -7.41. The largest absolute Gasteiger partial charge is 0.383 e. The molecule has 0 spiro atoms. The van der Waals surface area contributed by atoms with E-state index in [4.69, 9.17) is 0 Å². The summed E-state index contributed by atoms with van der Waals surface area (Å²) in [5.41, 5.74) is -1.23. The van der Waals surface area contributed by atoms with Crippen LogP contribution in [0.25, 0.3) is 0 Å². The van der Waals surface area contributed by atoms with E-state index in [1.165, 1.54) is 13.0 Å². The van der Waals surface area contributed by atoms with E-state index < -0.39 is 46.3 Å². The zero-order chi connectivity index (χ0) is 15.0. The first-order valence-electron chi connectivity index (χ1n) is 5.60. The predicted octanol–water partition coefficient (Wildman–Crippen LogP) is 3.77. The number of rotatable bonds is 2. The van der Waals surface area contributed by atoms with Crippen molar-refractivity contribution in [2.75, 3.05) is 0 Å². The average Bonchev–Trinajstić information content (AvgIpc) is 2.42. The van der Waals surface area contributed by atoms with Crippen LogP contribution in [0.3, 0.4) is 0 Å². The first-order valence-corrected chi connectivity index (χ1v) is 5.60. The van der Waals surface area contributed by atoms with Crippen LogP contribution in [-0.4, -0.2) is 5.11 Å². The van der Waals surface area contributed by atoms with Gasteiger partial charge in [-0.3, -0.25) is 0 Å². The van der Waals surface area contributed by atoms with Gasteiger partial charge >= 0.3 is 0 Å². The third-order valence-corrected chi connectivity index (χ3v) is 2.96. The summed E-state index contributed by atoms with van der Waals surface area (Å²) in [4.78, 5) is 0. The van der Waals surface area contributed by atoms with E-state index in [-0.39, 0.29) is 5.56 Å². The van der Waals surface area contributed by atoms with Gasteiger partial charge in [0.15, 0.2) is 29.1 Å². The molecule has 0 saturated carbocycles. The molecule has 6 heteroatoms. The Balaban J connectivity index is 2.55. The van der Waals surface area contributed by atoms with Crippen molar-refractivity contribution in [3.05, 3.63) is 70.0 Å². The van der Waals surface area contributed by atoms with Crippen LogP contribution in [-0.2, 0) is 0 Å². The lowest BCUT2D eigenvalue weighted by atomic mass is 9.99. The zero-order valence-corrected chi connectivity index (χ0v) is 10.2. The smallest absolute Gasteiger partial charge is 0.194 e. The molecule has 0 aromatic heterocycles. The normalized spacial score (nSPS) is 12.6. The van der Waals surface area contributed by atoms with E-state index >= 15 is 0 Å².